The fourth-order valence-electron chi connectivity index (χ4n) is 0. The molecule has 0 aromatic carbocycles. The van der Waals surface area contributed by atoms with Crippen molar-refractivity contribution >= 4 is 67.9 Å². The molecule has 0 saturated heterocycles. The van der Waals surface area contributed by atoms with E-state index in [1.807, 2.05) is 0 Å². The summed E-state index contributed by atoms with van der Waals surface area (Å²) in [4.78, 5) is 75.0. The van der Waals surface area contributed by atoms with E-state index < -0.39 is 0 Å². The Balaban J connectivity index is -0.00000000585. The van der Waals surface area contributed by atoms with Gasteiger partial charge in [0.05, 0.1) is 0 Å². The SMILES string of the molecule is [C]=O.[C]=O.[C]=O.[C]=O.[C]=O.[C]=O.[C]=O.[C]=O.[C]=O.[C]=O.[Tc]. The first-order valence-corrected chi connectivity index (χ1v) is 2.04. The van der Waals surface area contributed by atoms with Gasteiger partial charge in [-0.3, -0.25) is 47.9 Å². The van der Waals surface area contributed by atoms with E-state index in [0.717, 1.165) is 0 Å². The van der Waals surface area contributed by atoms with Crippen molar-refractivity contribution in [2.75, 3.05) is 0 Å². The van der Waals surface area contributed by atoms with Crippen LogP contribution in [0.25, 0.3) is 0 Å². The van der Waals surface area contributed by atoms with Gasteiger partial charge in [-0.15, -0.1) is 0 Å². The molecule has 0 amide bonds. The Labute approximate surface area is 136 Å². The van der Waals surface area contributed by atoms with Crippen LogP contribution in [0.2, 0.25) is 0 Å². The van der Waals surface area contributed by atoms with Gasteiger partial charge >= 0.3 is 0 Å². The molecule has 11 heteroatoms. The average Bonchev–Trinajstić information content (AvgIpc) is 2.71. The third-order valence-corrected chi connectivity index (χ3v) is 0. The predicted octanol–water partition coefficient (Wildman–Crippen LogP) is -3.97. The monoisotopic (exact) mass is 377 g/mol. The summed E-state index contributed by atoms with van der Waals surface area (Å²) in [6, 6.07) is 0. The maximum absolute atomic E-state index is 7.50. The minimum Gasteiger partial charge on any atom is -0.281 e. The molecular formula is C10O10Tc. The molecule has 0 fully saturated rings. The van der Waals surface area contributed by atoms with Gasteiger partial charge in [-0.1, -0.05) is 0 Å². The molecule has 0 atom stereocenters. The zero-order chi connectivity index (χ0) is 20.0. The Bertz CT molecular complexity index is 59.0. The standard InChI is InChI=1S/10CO.Tc/c10*1-2;. The summed E-state index contributed by atoms with van der Waals surface area (Å²) in [5, 5.41) is 0. The predicted molar refractivity (Wildman–Crippen MR) is 56.9 cm³/mol. The van der Waals surface area contributed by atoms with Crippen molar-refractivity contribution in [3.05, 3.63) is 0 Å². The van der Waals surface area contributed by atoms with E-state index >= 15 is 0 Å². The van der Waals surface area contributed by atoms with Crippen LogP contribution in [0.5, 0.6) is 0 Å². The van der Waals surface area contributed by atoms with Gasteiger partial charge in [0.2, 0.25) is 0 Å². The van der Waals surface area contributed by atoms with Gasteiger partial charge in [-0.2, -0.15) is 0 Å². The molecule has 0 aliphatic carbocycles. The van der Waals surface area contributed by atoms with E-state index in [9.17, 15) is 0 Å². The summed E-state index contributed by atoms with van der Waals surface area (Å²) in [6.45, 7) is 45.0. The van der Waals surface area contributed by atoms with Gasteiger partial charge in [0.25, 0.3) is 67.9 Å². The van der Waals surface area contributed by atoms with Crippen LogP contribution in [0.4, 0.5) is 0 Å². The van der Waals surface area contributed by atoms with Crippen LogP contribution in [0.3, 0.4) is 0 Å². The quantitative estimate of drug-likeness (QED) is 0.405. The number of carbonyl (C=O) groups excluding carboxylic acids is 10. The van der Waals surface area contributed by atoms with Crippen molar-refractivity contribution in [2.24, 2.45) is 0 Å². The van der Waals surface area contributed by atoms with Crippen LogP contribution >= 0.6 is 0 Å². The third kappa shape index (κ3) is 582. The molecule has 21 heavy (non-hydrogen) atoms. The van der Waals surface area contributed by atoms with E-state index in [-0.39, 0.29) is 20.1 Å². The largest absolute Gasteiger partial charge is 0.281 e. The van der Waals surface area contributed by atoms with E-state index in [1.165, 1.54) is 0 Å². The van der Waals surface area contributed by atoms with Crippen LogP contribution in [-0.4, -0.2) is 67.9 Å². The zero-order valence-corrected chi connectivity index (χ0v) is 11.3. The van der Waals surface area contributed by atoms with E-state index in [2.05, 4.69) is 67.9 Å². The van der Waals surface area contributed by atoms with Gasteiger partial charge in [-0.25, -0.2) is 0 Å². The number of rotatable bonds is 0. The van der Waals surface area contributed by atoms with E-state index in [0.29, 0.717) is 0 Å². The van der Waals surface area contributed by atoms with Crippen LogP contribution in [-0.2, 0) is 68.1 Å². The first kappa shape index (κ1) is 102. The Hall–Kier alpha value is -2.65. The summed E-state index contributed by atoms with van der Waals surface area (Å²) in [6.07, 6.45) is 0. The Morgan fingerprint density at radius 3 is 0.190 bits per heavy atom. The second kappa shape index (κ2) is 660. The zero-order valence-electron chi connectivity index (χ0n) is 9.46. The van der Waals surface area contributed by atoms with Crippen LogP contribution in [0.15, 0.2) is 0 Å². The molecule has 0 aromatic heterocycles. The maximum atomic E-state index is 7.50. The third-order valence-electron chi connectivity index (χ3n) is 0. The molecule has 0 saturated carbocycles. The Morgan fingerprint density at radius 1 is 0.190 bits per heavy atom. The molecule has 0 aromatic rings. The van der Waals surface area contributed by atoms with E-state index in [4.69, 9.17) is 47.9 Å². The topological polar surface area (TPSA) is 171 Å². The fourth-order valence-corrected chi connectivity index (χ4v) is 0. The average molecular weight is 378 g/mol. The van der Waals surface area contributed by atoms with Crippen LogP contribution < -0.4 is 0 Å². The molecule has 0 bridgehead atoms. The Kier molecular flexibility index (Phi) is 3210. The van der Waals surface area contributed by atoms with Crippen molar-refractivity contribution in [3.63, 3.8) is 0 Å². The van der Waals surface area contributed by atoms with Crippen molar-refractivity contribution in [1.29, 1.82) is 0 Å². The van der Waals surface area contributed by atoms with Crippen LogP contribution in [0, 0.1) is 0 Å². The van der Waals surface area contributed by atoms with Crippen molar-refractivity contribution < 1.29 is 68.1 Å². The molecule has 0 aliphatic heterocycles. The molecule has 107 valence electrons. The molecule has 0 unspecified atom stereocenters. The summed E-state index contributed by atoms with van der Waals surface area (Å²) >= 11 is 0. The van der Waals surface area contributed by atoms with Gasteiger partial charge in [0.15, 0.2) is 0 Å². The fraction of sp³-hybridized carbons (Fsp3) is 0. The second-order valence-corrected chi connectivity index (χ2v) is 0. The molecule has 0 N–H and O–H groups in total. The minimum atomic E-state index is 0. The van der Waals surface area contributed by atoms with Crippen molar-refractivity contribution in [2.45, 2.75) is 0 Å². The van der Waals surface area contributed by atoms with Gasteiger partial charge in [-0.05, 0) is 0 Å². The van der Waals surface area contributed by atoms with Gasteiger partial charge in [0, 0.05) is 20.1 Å². The molecule has 0 aliphatic rings. The normalized spacial score (nSPS) is 1.90. The summed E-state index contributed by atoms with van der Waals surface area (Å²) in [7, 11) is 0. The molecule has 0 rings (SSSR count). The summed E-state index contributed by atoms with van der Waals surface area (Å²) in [5.74, 6) is 0. The molecule has 0 spiro atoms. The second-order valence-electron chi connectivity index (χ2n) is 0. The van der Waals surface area contributed by atoms with Crippen molar-refractivity contribution in [1.82, 2.24) is 0 Å². The first-order valence-electron chi connectivity index (χ1n) is 2.04. The van der Waals surface area contributed by atoms with E-state index in [1.54, 1.807) is 0 Å². The molecule has 21 radical (unpaired) electrons. The molecule has 0 heterocycles. The first-order chi connectivity index (χ1) is 10.0. The summed E-state index contributed by atoms with van der Waals surface area (Å²) < 4.78 is 0. The van der Waals surface area contributed by atoms with Gasteiger partial charge in [0.1, 0.15) is 0 Å². The van der Waals surface area contributed by atoms with Gasteiger partial charge < -0.3 is 0 Å². The number of hydrogen-bond acceptors (Lipinski definition) is 10. The minimum absolute atomic E-state index is 0. The number of hydrogen-bond donors (Lipinski definition) is 0. The summed E-state index contributed by atoms with van der Waals surface area (Å²) in [5.41, 5.74) is 0. The maximum Gasteiger partial charge on any atom is 0.281 e. The molecular weight excluding hydrogens is 378 g/mol. The molecule has 10 nitrogen and oxygen atoms in total. The van der Waals surface area contributed by atoms with Crippen molar-refractivity contribution in [3.8, 4) is 0 Å². The van der Waals surface area contributed by atoms with Crippen LogP contribution in [0.1, 0.15) is 0 Å². The Morgan fingerprint density at radius 2 is 0.190 bits per heavy atom. The smallest absolute Gasteiger partial charge is 0.281 e.